The van der Waals surface area contributed by atoms with Crippen molar-refractivity contribution < 1.29 is 9.47 Å². The minimum atomic E-state index is 0.492. The zero-order valence-electron chi connectivity index (χ0n) is 23.5. The molecule has 0 unspecified atom stereocenters. The van der Waals surface area contributed by atoms with Crippen LogP contribution in [0.2, 0.25) is 0 Å². The number of hydrogen-bond acceptors (Lipinski definition) is 6. The number of ether oxygens (including phenoxy) is 2. The number of methoxy groups -OCH3 is 1. The standard InChI is InChI=1S/C31H48N4O2/c1-23(2)35-17-12-24(13-18-35)20-27-26-21-29(36-3)30(37-19-9-16-34-14-7-8-15-34)22-28(26)33-31(32-27)25-10-5-4-6-11-25/h21-25H,4-20H2,1-3H3. The van der Waals surface area contributed by atoms with Gasteiger partial charge in [0.2, 0.25) is 0 Å². The van der Waals surface area contributed by atoms with Crippen LogP contribution in [0.15, 0.2) is 12.1 Å². The normalized spacial score (nSPS) is 20.8. The van der Waals surface area contributed by atoms with E-state index in [0.29, 0.717) is 24.5 Å². The molecule has 1 aromatic heterocycles. The molecule has 2 aliphatic heterocycles. The Kier molecular flexibility index (Phi) is 9.19. The fourth-order valence-corrected chi connectivity index (χ4v) is 6.61. The molecule has 1 saturated carbocycles. The third kappa shape index (κ3) is 6.75. The lowest BCUT2D eigenvalue weighted by Crippen LogP contribution is -2.38. The van der Waals surface area contributed by atoms with E-state index >= 15 is 0 Å². The average Bonchev–Trinajstić information content (AvgIpc) is 3.45. The molecule has 37 heavy (non-hydrogen) atoms. The van der Waals surface area contributed by atoms with Crippen molar-refractivity contribution in [3.05, 3.63) is 23.7 Å². The Balaban J connectivity index is 1.37. The number of hydrogen-bond donors (Lipinski definition) is 0. The largest absolute Gasteiger partial charge is 0.493 e. The lowest BCUT2D eigenvalue weighted by Gasteiger charge is -2.34. The zero-order chi connectivity index (χ0) is 25.6. The highest BCUT2D eigenvalue weighted by atomic mass is 16.5. The molecule has 0 spiro atoms. The second kappa shape index (κ2) is 12.8. The van der Waals surface area contributed by atoms with Gasteiger partial charge in [0.25, 0.3) is 0 Å². The van der Waals surface area contributed by atoms with Crippen LogP contribution in [0, 0.1) is 5.92 Å². The number of fused-ring (bicyclic) bond motifs is 1. The molecule has 6 nitrogen and oxygen atoms in total. The van der Waals surface area contributed by atoms with Gasteiger partial charge in [0.05, 0.1) is 24.9 Å². The molecule has 1 aromatic carbocycles. The van der Waals surface area contributed by atoms with E-state index in [2.05, 4.69) is 35.8 Å². The first-order valence-electron chi connectivity index (χ1n) is 15.1. The van der Waals surface area contributed by atoms with E-state index in [-0.39, 0.29) is 0 Å². The van der Waals surface area contributed by atoms with Crippen molar-refractivity contribution in [2.24, 2.45) is 5.92 Å². The quantitative estimate of drug-likeness (QED) is 0.356. The molecule has 2 saturated heterocycles. The molecular weight excluding hydrogens is 460 g/mol. The van der Waals surface area contributed by atoms with Gasteiger partial charge >= 0.3 is 0 Å². The summed E-state index contributed by atoms with van der Waals surface area (Å²) in [6.07, 6.45) is 13.6. The first kappa shape index (κ1) is 26.7. The fraction of sp³-hybridized carbons (Fsp3) is 0.742. The monoisotopic (exact) mass is 508 g/mol. The molecule has 5 rings (SSSR count). The Morgan fingerprint density at radius 1 is 0.892 bits per heavy atom. The molecule has 0 atom stereocenters. The van der Waals surface area contributed by atoms with Crippen LogP contribution in [-0.2, 0) is 6.42 Å². The molecule has 6 heteroatoms. The van der Waals surface area contributed by atoms with Crippen LogP contribution in [0.3, 0.4) is 0 Å². The van der Waals surface area contributed by atoms with E-state index in [1.54, 1.807) is 7.11 Å². The van der Waals surface area contributed by atoms with Crippen molar-refractivity contribution in [1.82, 2.24) is 19.8 Å². The number of piperidine rings is 1. The molecule has 1 aliphatic carbocycles. The van der Waals surface area contributed by atoms with Gasteiger partial charge in [0.1, 0.15) is 5.82 Å². The molecular formula is C31H48N4O2. The van der Waals surface area contributed by atoms with Crippen molar-refractivity contribution in [2.75, 3.05) is 46.4 Å². The summed E-state index contributed by atoms with van der Waals surface area (Å²) >= 11 is 0. The maximum absolute atomic E-state index is 6.29. The minimum absolute atomic E-state index is 0.492. The van der Waals surface area contributed by atoms with Crippen LogP contribution in [0.5, 0.6) is 11.5 Å². The highest BCUT2D eigenvalue weighted by Gasteiger charge is 2.25. The number of rotatable bonds is 10. The van der Waals surface area contributed by atoms with Crippen molar-refractivity contribution in [3.63, 3.8) is 0 Å². The summed E-state index contributed by atoms with van der Waals surface area (Å²) in [4.78, 5) is 15.6. The van der Waals surface area contributed by atoms with Crippen LogP contribution >= 0.6 is 0 Å². The molecule has 0 radical (unpaired) electrons. The fourth-order valence-electron chi connectivity index (χ4n) is 6.61. The van der Waals surface area contributed by atoms with Crippen molar-refractivity contribution in [1.29, 1.82) is 0 Å². The molecule has 0 N–H and O–H groups in total. The lowest BCUT2D eigenvalue weighted by atomic mass is 9.87. The number of aromatic nitrogens is 2. The van der Waals surface area contributed by atoms with Crippen LogP contribution in [-0.4, -0.2) is 72.3 Å². The third-order valence-corrected chi connectivity index (χ3v) is 8.98. The first-order chi connectivity index (χ1) is 18.1. The minimum Gasteiger partial charge on any atom is -0.493 e. The van der Waals surface area contributed by atoms with Gasteiger partial charge in [-0.15, -0.1) is 0 Å². The lowest BCUT2D eigenvalue weighted by molar-refractivity contribution is 0.149. The van der Waals surface area contributed by atoms with E-state index in [4.69, 9.17) is 19.4 Å². The Labute approximate surface area is 224 Å². The second-order valence-corrected chi connectivity index (χ2v) is 11.9. The summed E-state index contributed by atoms with van der Waals surface area (Å²) in [5, 5.41) is 1.15. The summed E-state index contributed by atoms with van der Waals surface area (Å²) in [6, 6.07) is 4.91. The second-order valence-electron chi connectivity index (χ2n) is 11.9. The topological polar surface area (TPSA) is 50.7 Å². The maximum Gasteiger partial charge on any atom is 0.163 e. The molecule has 0 amide bonds. The predicted octanol–water partition coefficient (Wildman–Crippen LogP) is 6.21. The van der Waals surface area contributed by atoms with Crippen molar-refractivity contribution in [3.8, 4) is 11.5 Å². The third-order valence-electron chi connectivity index (χ3n) is 8.98. The van der Waals surface area contributed by atoms with Gasteiger partial charge in [-0.3, -0.25) is 0 Å². The molecule has 3 heterocycles. The van der Waals surface area contributed by atoms with E-state index in [0.717, 1.165) is 47.6 Å². The Bertz CT molecular complexity index is 1010. The van der Waals surface area contributed by atoms with Crippen LogP contribution in [0.25, 0.3) is 10.9 Å². The van der Waals surface area contributed by atoms with Gasteiger partial charge in [-0.25, -0.2) is 9.97 Å². The van der Waals surface area contributed by atoms with E-state index < -0.39 is 0 Å². The molecule has 0 bridgehead atoms. The first-order valence-corrected chi connectivity index (χ1v) is 15.1. The summed E-state index contributed by atoms with van der Waals surface area (Å²) in [5.74, 6) is 3.86. The number of nitrogens with zero attached hydrogens (tertiary/aromatic N) is 4. The average molecular weight is 509 g/mol. The zero-order valence-corrected chi connectivity index (χ0v) is 23.5. The van der Waals surface area contributed by atoms with Crippen LogP contribution < -0.4 is 9.47 Å². The summed E-state index contributed by atoms with van der Waals surface area (Å²) in [6.45, 7) is 11.3. The smallest absolute Gasteiger partial charge is 0.163 e. The molecule has 3 fully saturated rings. The summed E-state index contributed by atoms with van der Waals surface area (Å²) in [5.41, 5.74) is 2.24. The van der Waals surface area contributed by atoms with Crippen LogP contribution in [0.1, 0.15) is 95.5 Å². The highest BCUT2D eigenvalue weighted by Crippen LogP contribution is 2.37. The van der Waals surface area contributed by atoms with Gasteiger partial charge in [-0.05, 0) is 103 Å². The van der Waals surface area contributed by atoms with Gasteiger partial charge in [-0.2, -0.15) is 0 Å². The van der Waals surface area contributed by atoms with Crippen molar-refractivity contribution in [2.45, 2.75) is 96.4 Å². The van der Waals surface area contributed by atoms with Gasteiger partial charge in [0.15, 0.2) is 11.5 Å². The van der Waals surface area contributed by atoms with E-state index in [1.165, 1.54) is 89.7 Å². The number of benzene rings is 1. The van der Waals surface area contributed by atoms with E-state index in [1.807, 2.05) is 0 Å². The Morgan fingerprint density at radius 2 is 1.65 bits per heavy atom. The predicted molar refractivity (Wildman–Crippen MR) is 151 cm³/mol. The van der Waals surface area contributed by atoms with E-state index in [9.17, 15) is 0 Å². The number of likely N-dealkylation sites (tertiary alicyclic amines) is 2. The molecule has 3 aliphatic rings. The highest BCUT2D eigenvalue weighted by molar-refractivity contribution is 5.85. The summed E-state index contributed by atoms with van der Waals surface area (Å²) < 4.78 is 12.1. The maximum atomic E-state index is 6.29. The van der Waals surface area contributed by atoms with Gasteiger partial charge in [0, 0.05) is 30.0 Å². The SMILES string of the molecule is COc1cc2c(CC3CCN(C(C)C)CC3)nc(C3CCCCC3)nc2cc1OCCCN1CCCC1. The van der Waals surface area contributed by atoms with Crippen LogP contribution in [0.4, 0.5) is 0 Å². The van der Waals surface area contributed by atoms with Gasteiger partial charge < -0.3 is 19.3 Å². The summed E-state index contributed by atoms with van der Waals surface area (Å²) in [7, 11) is 1.75. The van der Waals surface area contributed by atoms with Crippen molar-refractivity contribution >= 4 is 10.9 Å². The Morgan fingerprint density at radius 3 is 2.35 bits per heavy atom. The molecule has 204 valence electrons. The molecule has 2 aromatic rings. The Hall–Kier alpha value is -1.92. The van der Waals surface area contributed by atoms with Gasteiger partial charge in [-0.1, -0.05) is 19.3 Å².